The Labute approximate surface area is 115 Å². The van der Waals surface area contributed by atoms with E-state index >= 15 is 0 Å². The molecule has 0 bridgehead atoms. The number of nitro groups is 1. The quantitative estimate of drug-likeness (QED) is 0.667. The van der Waals surface area contributed by atoms with E-state index in [1.165, 1.54) is 18.2 Å². The van der Waals surface area contributed by atoms with Crippen LogP contribution in [-0.4, -0.2) is 9.91 Å². The molecule has 1 N–H and O–H groups in total. The minimum Gasteiger partial charge on any atom is -0.376 e. The topological polar surface area (TPSA) is 68.1 Å². The highest BCUT2D eigenvalue weighted by atomic mass is 19.1. The number of nitrogens with one attached hydrogen (secondary N) is 1. The number of nitrogens with zero attached hydrogens (tertiary/aromatic N) is 2. The molecule has 0 aliphatic heterocycles. The van der Waals surface area contributed by atoms with Gasteiger partial charge >= 0.3 is 0 Å². The van der Waals surface area contributed by atoms with Crippen LogP contribution in [0.4, 0.5) is 15.8 Å². The summed E-state index contributed by atoms with van der Waals surface area (Å²) < 4.78 is 12.9. The maximum atomic E-state index is 12.9. The van der Waals surface area contributed by atoms with Crippen LogP contribution in [0, 0.1) is 15.9 Å². The van der Waals surface area contributed by atoms with Gasteiger partial charge in [0.25, 0.3) is 5.69 Å². The van der Waals surface area contributed by atoms with Crippen LogP contribution >= 0.6 is 0 Å². The summed E-state index contributed by atoms with van der Waals surface area (Å²) in [5.74, 6) is -0.390. The van der Waals surface area contributed by atoms with Crippen LogP contribution in [0.5, 0.6) is 0 Å². The predicted molar refractivity (Wildman–Crippen MR) is 73.9 cm³/mol. The monoisotopic (exact) mass is 275 g/mol. The van der Waals surface area contributed by atoms with E-state index in [0.717, 1.165) is 12.6 Å². The SMILES string of the molecule is CCC(Nc1cccc([N+](=O)[O-])c1)c1ccc(F)cn1. The molecule has 2 aromatic rings. The molecule has 5 nitrogen and oxygen atoms in total. The first-order valence-corrected chi connectivity index (χ1v) is 6.22. The van der Waals surface area contributed by atoms with Crippen molar-refractivity contribution in [2.45, 2.75) is 19.4 Å². The van der Waals surface area contributed by atoms with Gasteiger partial charge in [-0.1, -0.05) is 13.0 Å². The largest absolute Gasteiger partial charge is 0.376 e. The van der Waals surface area contributed by atoms with Gasteiger partial charge in [-0.3, -0.25) is 15.1 Å². The Morgan fingerprint density at radius 2 is 2.20 bits per heavy atom. The molecule has 104 valence electrons. The summed E-state index contributed by atoms with van der Waals surface area (Å²) >= 11 is 0. The molecule has 2 rings (SSSR count). The number of halogens is 1. The summed E-state index contributed by atoms with van der Waals surface area (Å²) in [5.41, 5.74) is 1.36. The fraction of sp³-hybridized carbons (Fsp3) is 0.214. The van der Waals surface area contributed by atoms with Gasteiger partial charge in [0.05, 0.1) is 22.9 Å². The first-order chi connectivity index (χ1) is 9.60. The van der Waals surface area contributed by atoms with E-state index in [1.54, 1.807) is 18.2 Å². The molecule has 0 aliphatic rings. The molecule has 1 unspecified atom stereocenters. The smallest absolute Gasteiger partial charge is 0.271 e. The summed E-state index contributed by atoms with van der Waals surface area (Å²) in [6.45, 7) is 1.96. The van der Waals surface area contributed by atoms with E-state index in [4.69, 9.17) is 0 Å². The highest BCUT2D eigenvalue weighted by molar-refractivity contribution is 5.52. The molecule has 0 saturated carbocycles. The van der Waals surface area contributed by atoms with E-state index in [-0.39, 0.29) is 17.5 Å². The van der Waals surface area contributed by atoms with Gasteiger partial charge in [-0.25, -0.2) is 4.39 Å². The molecule has 1 atom stereocenters. The fourth-order valence-electron chi connectivity index (χ4n) is 1.89. The third kappa shape index (κ3) is 3.28. The van der Waals surface area contributed by atoms with E-state index in [9.17, 15) is 14.5 Å². The summed E-state index contributed by atoms with van der Waals surface area (Å²) in [5, 5.41) is 13.9. The number of hydrogen-bond acceptors (Lipinski definition) is 4. The number of rotatable bonds is 5. The number of benzene rings is 1. The standard InChI is InChI=1S/C14H14FN3O2/c1-2-13(14-7-6-10(15)9-16-14)17-11-4-3-5-12(8-11)18(19)20/h3-9,13,17H,2H2,1H3. The van der Waals surface area contributed by atoms with Crippen LogP contribution in [-0.2, 0) is 0 Å². The molecule has 0 radical (unpaired) electrons. The van der Waals surface area contributed by atoms with Crippen molar-refractivity contribution in [1.82, 2.24) is 4.98 Å². The Kier molecular flexibility index (Phi) is 4.24. The Morgan fingerprint density at radius 1 is 1.40 bits per heavy atom. The van der Waals surface area contributed by atoms with Crippen molar-refractivity contribution in [3.63, 3.8) is 0 Å². The maximum Gasteiger partial charge on any atom is 0.271 e. The van der Waals surface area contributed by atoms with Gasteiger partial charge in [-0.15, -0.1) is 0 Å². The van der Waals surface area contributed by atoms with Gasteiger partial charge in [0.1, 0.15) is 5.82 Å². The molecule has 0 saturated heterocycles. The second-order valence-electron chi connectivity index (χ2n) is 4.31. The molecule has 6 heteroatoms. The molecule has 1 heterocycles. The van der Waals surface area contributed by atoms with E-state index in [0.29, 0.717) is 11.4 Å². The maximum absolute atomic E-state index is 12.9. The second-order valence-corrected chi connectivity index (χ2v) is 4.31. The van der Waals surface area contributed by atoms with E-state index in [1.807, 2.05) is 6.92 Å². The van der Waals surface area contributed by atoms with Crippen molar-refractivity contribution in [2.24, 2.45) is 0 Å². The first kappa shape index (κ1) is 13.9. The number of anilines is 1. The molecule has 1 aromatic heterocycles. The Morgan fingerprint density at radius 3 is 2.80 bits per heavy atom. The summed E-state index contributed by atoms with van der Waals surface area (Å²) in [7, 11) is 0. The zero-order valence-corrected chi connectivity index (χ0v) is 10.9. The Balaban J connectivity index is 2.19. The third-order valence-corrected chi connectivity index (χ3v) is 2.91. The average Bonchev–Trinajstić information content (AvgIpc) is 2.46. The van der Waals surface area contributed by atoms with Crippen molar-refractivity contribution < 1.29 is 9.31 Å². The highest BCUT2D eigenvalue weighted by Gasteiger charge is 2.12. The van der Waals surface area contributed by atoms with Crippen molar-refractivity contribution in [3.05, 3.63) is 64.2 Å². The lowest BCUT2D eigenvalue weighted by Crippen LogP contribution is -2.11. The van der Waals surface area contributed by atoms with Gasteiger partial charge in [-0.05, 0) is 24.6 Å². The third-order valence-electron chi connectivity index (χ3n) is 2.91. The van der Waals surface area contributed by atoms with Crippen molar-refractivity contribution in [3.8, 4) is 0 Å². The van der Waals surface area contributed by atoms with Crippen LogP contribution < -0.4 is 5.32 Å². The summed E-state index contributed by atoms with van der Waals surface area (Å²) in [6.07, 6.45) is 1.88. The normalized spacial score (nSPS) is 11.9. The molecule has 1 aromatic carbocycles. The second kappa shape index (κ2) is 6.10. The van der Waals surface area contributed by atoms with Crippen molar-refractivity contribution in [1.29, 1.82) is 0 Å². The van der Waals surface area contributed by atoms with Gasteiger partial charge in [0.15, 0.2) is 0 Å². The number of pyridine rings is 1. The summed E-state index contributed by atoms with van der Waals surface area (Å²) in [4.78, 5) is 14.3. The average molecular weight is 275 g/mol. The van der Waals surface area contributed by atoms with E-state index in [2.05, 4.69) is 10.3 Å². The number of non-ortho nitro benzene ring substituents is 1. The molecule has 0 aliphatic carbocycles. The van der Waals surface area contributed by atoms with Crippen LogP contribution in [0.1, 0.15) is 25.1 Å². The van der Waals surface area contributed by atoms with Gasteiger partial charge in [0.2, 0.25) is 0 Å². The first-order valence-electron chi connectivity index (χ1n) is 6.22. The molecule has 0 fully saturated rings. The van der Waals surface area contributed by atoms with Crippen LogP contribution in [0.25, 0.3) is 0 Å². The fourth-order valence-corrected chi connectivity index (χ4v) is 1.89. The van der Waals surface area contributed by atoms with Gasteiger partial charge < -0.3 is 5.32 Å². The molecular weight excluding hydrogens is 261 g/mol. The zero-order valence-electron chi connectivity index (χ0n) is 10.9. The number of aromatic nitrogens is 1. The lowest BCUT2D eigenvalue weighted by atomic mass is 10.1. The Hall–Kier alpha value is -2.50. The highest BCUT2D eigenvalue weighted by Crippen LogP contribution is 2.24. The predicted octanol–water partition coefficient (Wildman–Crippen LogP) is 3.69. The minimum atomic E-state index is -0.442. The number of nitro benzene ring substituents is 1. The zero-order chi connectivity index (χ0) is 14.5. The van der Waals surface area contributed by atoms with E-state index < -0.39 is 4.92 Å². The Bertz CT molecular complexity index is 602. The molecule has 20 heavy (non-hydrogen) atoms. The number of hydrogen-bond donors (Lipinski definition) is 1. The lowest BCUT2D eigenvalue weighted by molar-refractivity contribution is -0.384. The van der Waals surface area contributed by atoms with Gasteiger partial charge in [0, 0.05) is 17.8 Å². The van der Waals surface area contributed by atoms with Gasteiger partial charge in [-0.2, -0.15) is 0 Å². The van der Waals surface area contributed by atoms with Crippen LogP contribution in [0.2, 0.25) is 0 Å². The summed E-state index contributed by atoms with van der Waals surface area (Å²) in [6, 6.07) is 9.09. The molecule has 0 spiro atoms. The van der Waals surface area contributed by atoms with Crippen molar-refractivity contribution >= 4 is 11.4 Å². The molecule has 0 amide bonds. The lowest BCUT2D eigenvalue weighted by Gasteiger charge is -2.17. The minimum absolute atomic E-state index is 0.0249. The van der Waals surface area contributed by atoms with Crippen molar-refractivity contribution in [2.75, 3.05) is 5.32 Å². The molecular formula is C14H14FN3O2. The van der Waals surface area contributed by atoms with Crippen LogP contribution in [0.15, 0.2) is 42.6 Å². The van der Waals surface area contributed by atoms with Crippen LogP contribution in [0.3, 0.4) is 0 Å².